The number of nitrogens with one attached hydrogen (secondary N) is 1. The van der Waals surface area contributed by atoms with Crippen molar-refractivity contribution in [3.8, 4) is 0 Å². The second-order valence-electron chi connectivity index (χ2n) is 5.48. The Bertz CT molecular complexity index is 485. The number of hydrogen-bond donors (Lipinski definition) is 2. The summed E-state index contributed by atoms with van der Waals surface area (Å²) in [6.45, 7) is 2.50. The molecule has 2 aliphatic rings. The van der Waals surface area contributed by atoms with Gasteiger partial charge in [0.1, 0.15) is 0 Å². The Labute approximate surface area is 116 Å². The Kier molecular flexibility index (Phi) is 3.98. The van der Waals surface area contributed by atoms with Crippen molar-refractivity contribution in [2.24, 2.45) is 5.84 Å². The fraction of sp³-hybridized carbons (Fsp3) is 0.571. The van der Waals surface area contributed by atoms with Crippen LogP contribution in [0.5, 0.6) is 0 Å². The molecule has 0 saturated carbocycles. The second kappa shape index (κ2) is 5.73. The Morgan fingerprint density at radius 2 is 2.20 bits per heavy atom. The summed E-state index contributed by atoms with van der Waals surface area (Å²) < 4.78 is 32.3. The van der Waals surface area contributed by atoms with E-state index in [2.05, 4.69) is 10.3 Å². The summed E-state index contributed by atoms with van der Waals surface area (Å²) in [5.74, 6) is 3.88. The lowest BCUT2D eigenvalue weighted by molar-refractivity contribution is -0.0653. The van der Waals surface area contributed by atoms with Crippen molar-refractivity contribution in [1.82, 2.24) is 10.3 Å². The number of nitrogens with zero attached hydrogens (tertiary/aromatic N) is 1. The summed E-state index contributed by atoms with van der Waals surface area (Å²) in [5, 5.41) is 0. The van der Waals surface area contributed by atoms with Gasteiger partial charge in [-0.3, -0.25) is 16.2 Å². The van der Waals surface area contributed by atoms with Gasteiger partial charge in [-0.05, 0) is 37.1 Å². The molecule has 1 aromatic rings. The van der Waals surface area contributed by atoms with Crippen molar-refractivity contribution in [3.63, 3.8) is 0 Å². The molecular weight excluding hydrogens is 264 g/mol. The van der Waals surface area contributed by atoms with E-state index in [0.29, 0.717) is 18.2 Å². The minimum Gasteiger partial charge on any atom is -0.373 e. The second-order valence-corrected chi connectivity index (χ2v) is 5.48. The zero-order chi connectivity index (χ0) is 14.1. The van der Waals surface area contributed by atoms with Crippen LogP contribution in [0.2, 0.25) is 0 Å². The molecule has 110 valence electrons. The van der Waals surface area contributed by atoms with E-state index in [0.717, 1.165) is 19.2 Å². The van der Waals surface area contributed by atoms with E-state index in [1.165, 1.54) is 18.9 Å². The van der Waals surface area contributed by atoms with E-state index in [4.69, 9.17) is 10.6 Å². The van der Waals surface area contributed by atoms with Crippen molar-refractivity contribution in [2.45, 2.75) is 31.0 Å². The first kappa shape index (κ1) is 13.9. The lowest BCUT2D eigenvalue weighted by Gasteiger charge is -2.38. The molecular formula is C14H19F2N3O. The van der Waals surface area contributed by atoms with Crippen LogP contribution >= 0.6 is 0 Å². The van der Waals surface area contributed by atoms with Crippen LogP contribution in [0.4, 0.5) is 8.78 Å². The molecule has 20 heavy (non-hydrogen) atoms. The zero-order valence-corrected chi connectivity index (χ0v) is 11.2. The Morgan fingerprint density at radius 1 is 1.35 bits per heavy atom. The van der Waals surface area contributed by atoms with Crippen LogP contribution < -0.4 is 11.3 Å². The maximum absolute atomic E-state index is 13.4. The Hall–Kier alpha value is -1.08. The molecule has 6 heteroatoms. The average molecular weight is 283 g/mol. The summed E-state index contributed by atoms with van der Waals surface area (Å²) in [7, 11) is 0. The van der Waals surface area contributed by atoms with Crippen LogP contribution in [0.15, 0.2) is 18.2 Å². The highest BCUT2D eigenvalue weighted by Gasteiger charge is 2.36. The van der Waals surface area contributed by atoms with Gasteiger partial charge in [0.15, 0.2) is 11.6 Å². The molecule has 4 nitrogen and oxygen atoms in total. The SMILES string of the molecule is NNC(c1ccc(F)c(F)c1)C1CN2CCCC2CO1. The molecule has 2 aliphatic heterocycles. The topological polar surface area (TPSA) is 50.5 Å². The van der Waals surface area contributed by atoms with Gasteiger partial charge in [0.05, 0.1) is 18.8 Å². The summed E-state index contributed by atoms with van der Waals surface area (Å²) in [5.41, 5.74) is 3.28. The van der Waals surface area contributed by atoms with E-state index in [1.807, 2.05) is 0 Å². The summed E-state index contributed by atoms with van der Waals surface area (Å²) in [4.78, 5) is 2.39. The molecule has 3 unspecified atom stereocenters. The predicted molar refractivity (Wildman–Crippen MR) is 70.8 cm³/mol. The van der Waals surface area contributed by atoms with Crippen molar-refractivity contribution in [1.29, 1.82) is 0 Å². The maximum Gasteiger partial charge on any atom is 0.159 e. The first-order valence-corrected chi connectivity index (χ1v) is 6.96. The van der Waals surface area contributed by atoms with Crippen LogP contribution in [0.1, 0.15) is 24.4 Å². The number of halogens is 2. The normalized spacial score (nSPS) is 28.4. The van der Waals surface area contributed by atoms with Crippen LogP contribution in [0.25, 0.3) is 0 Å². The van der Waals surface area contributed by atoms with Gasteiger partial charge in [-0.15, -0.1) is 0 Å². The highest BCUT2D eigenvalue weighted by molar-refractivity contribution is 5.22. The first-order chi connectivity index (χ1) is 9.69. The molecule has 0 aromatic heterocycles. The highest BCUT2D eigenvalue weighted by Crippen LogP contribution is 2.28. The number of benzene rings is 1. The fourth-order valence-corrected chi connectivity index (χ4v) is 3.17. The van der Waals surface area contributed by atoms with Gasteiger partial charge in [0.25, 0.3) is 0 Å². The van der Waals surface area contributed by atoms with Gasteiger partial charge >= 0.3 is 0 Å². The van der Waals surface area contributed by atoms with E-state index in [1.54, 1.807) is 6.07 Å². The highest BCUT2D eigenvalue weighted by atomic mass is 19.2. The summed E-state index contributed by atoms with van der Waals surface area (Å²) in [6.07, 6.45) is 2.20. The van der Waals surface area contributed by atoms with Gasteiger partial charge < -0.3 is 4.74 Å². The monoisotopic (exact) mass is 283 g/mol. The van der Waals surface area contributed by atoms with Gasteiger partial charge in [-0.2, -0.15) is 0 Å². The predicted octanol–water partition coefficient (Wildman–Crippen LogP) is 1.33. The third-order valence-corrected chi connectivity index (χ3v) is 4.27. The molecule has 0 bridgehead atoms. The largest absolute Gasteiger partial charge is 0.373 e. The molecule has 3 N–H and O–H groups in total. The number of nitrogens with two attached hydrogens (primary N) is 1. The van der Waals surface area contributed by atoms with Gasteiger partial charge in [-0.1, -0.05) is 6.07 Å². The number of morpholine rings is 1. The lowest BCUT2D eigenvalue weighted by Crippen LogP contribution is -2.51. The number of hydrogen-bond acceptors (Lipinski definition) is 4. The van der Waals surface area contributed by atoms with E-state index in [9.17, 15) is 8.78 Å². The van der Waals surface area contributed by atoms with Crippen LogP contribution in [-0.4, -0.2) is 36.7 Å². The van der Waals surface area contributed by atoms with E-state index >= 15 is 0 Å². The van der Waals surface area contributed by atoms with Crippen LogP contribution in [0.3, 0.4) is 0 Å². The van der Waals surface area contributed by atoms with Gasteiger partial charge in [0, 0.05) is 12.6 Å². The van der Waals surface area contributed by atoms with Gasteiger partial charge in [-0.25, -0.2) is 8.78 Å². The molecule has 0 radical (unpaired) electrons. The zero-order valence-electron chi connectivity index (χ0n) is 11.2. The molecule has 3 atom stereocenters. The Morgan fingerprint density at radius 3 is 2.95 bits per heavy atom. The molecule has 2 fully saturated rings. The molecule has 0 spiro atoms. The molecule has 2 saturated heterocycles. The molecule has 3 rings (SSSR count). The third-order valence-electron chi connectivity index (χ3n) is 4.27. The third kappa shape index (κ3) is 2.56. The Balaban J connectivity index is 1.77. The molecule has 0 aliphatic carbocycles. The lowest BCUT2D eigenvalue weighted by atomic mass is 9.99. The van der Waals surface area contributed by atoms with E-state index < -0.39 is 11.6 Å². The van der Waals surface area contributed by atoms with E-state index in [-0.39, 0.29) is 12.1 Å². The number of fused-ring (bicyclic) bond motifs is 1. The quantitative estimate of drug-likeness (QED) is 0.649. The van der Waals surface area contributed by atoms with Crippen LogP contribution in [0, 0.1) is 11.6 Å². The van der Waals surface area contributed by atoms with Crippen molar-refractivity contribution < 1.29 is 13.5 Å². The van der Waals surface area contributed by atoms with Crippen molar-refractivity contribution in [2.75, 3.05) is 19.7 Å². The van der Waals surface area contributed by atoms with Crippen molar-refractivity contribution in [3.05, 3.63) is 35.4 Å². The van der Waals surface area contributed by atoms with Crippen molar-refractivity contribution >= 4 is 0 Å². The molecule has 1 aromatic carbocycles. The molecule has 0 amide bonds. The summed E-state index contributed by atoms with van der Waals surface area (Å²) >= 11 is 0. The number of hydrazine groups is 1. The fourth-order valence-electron chi connectivity index (χ4n) is 3.17. The molecule has 2 heterocycles. The minimum absolute atomic E-state index is 0.154. The smallest absolute Gasteiger partial charge is 0.159 e. The standard InChI is InChI=1S/C14H19F2N3O/c15-11-4-3-9(6-12(11)16)14(18-17)13-7-19-5-1-2-10(19)8-20-13/h3-4,6,10,13-14,18H,1-2,5,7-8,17H2. The average Bonchev–Trinajstić information content (AvgIpc) is 2.91. The summed E-state index contributed by atoms with van der Waals surface area (Å²) in [6, 6.07) is 4.00. The first-order valence-electron chi connectivity index (χ1n) is 6.96. The number of ether oxygens (including phenoxy) is 1. The number of rotatable bonds is 3. The minimum atomic E-state index is -0.863. The van der Waals surface area contributed by atoms with Gasteiger partial charge in [0.2, 0.25) is 0 Å². The maximum atomic E-state index is 13.4. The van der Waals surface area contributed by atoms with Crippen LogP contribution in [-0.2, 0) is 4.74 Å².